The molecule has 1 aromatic rings. The van der Waals surface area contributed by atoms with Gasteiger partial charge in [-0.2, -0.15) is 0 Å². The minimum absolute atomic E-state index is 0.0446. The lowest BCUT2D eigenvalue weighted by molar-refractivity contribution is -0.134. The Kier molecular flexibility index (Phi) is 8.55. The number of nitrogens with zero attached hydrogens (tertiary/aromatic N) is 2. The highest BCUT2D eigenvalue weighted by atomic mass is 16.5. The van der Waals surface area contributed by atoms with E-state index in [9.17, 15) is 9.59 Å². The molecule has 8 heteroatoms. The summed E-state index contributed by atoms with van der Waals surface area (Å²) in [5.74, 6) is 1.79. The number of likely N-dealkylation sites (tertiary alicyclic amines) is 1. The minimum Gasteiger partial charge on any atom is -0.497 e. The van der Waals surface area contributed by atoms with Gasteiger partial charge in [0.2, 0.25) is 11.8 Å². The van der Waals surface area contributed by atoms with Gasteiger partial charge in [0, 0.05) is 38.1 Å². The fourth-order valence-corrected chi connectivity index (χ4v) is 4.17. The summed E-state index contributed by atoms with van der Waals surface area (Å²) in [6, 6.07) is 7.74. The average molecular weight is 430 g/mol. The third kappa shape index (κ3) is 6.87. The molecule has 2 amide bonds. The molecule has 1 atom stereocenters. The van der Waals surface area contributed by atoms with E-state index in [-0.39, 0.29) is 24.4 Å². The Bertz CT molecular complexity index is 759. The summed E-state index contributed by atoms with van der Waals surface area (Å²) in [5, 5.41) is 9.46. The fraction of sp³-hybridized carbons (Fsp3) is 0.609. The number of amides is 2. The van der Waals surface area contributed by atoms with Gasteiger partial charge in [0.25, 0.3) is 0 Å². The van der Waals surface area contributed by atoms with Crippen molar-refractivity contribution >= 4 is 17.8 Å². The van der Waals surface area contributed by atoms with Gasteiger partial charge in [-0.15, -0.1) is 0 Å². The van der Waals surface area contributed by atoms with Crippen LogP contribution in [0, 0.1) is 5.92 Å². The highest BCUT2D eigenvalue weighted by Gasteiger charge is 2.32. The second-order valence-corrected chi connectivity index (χ2v) is 8.22. The number of benzene rings is 1. The maximum Gasteiger partial charge on any atom is 0.242 e. The maximum absolute atomic E-state index is 12.6. The molecule has 1 saturated carbocycles. The molecule has 170 valence electrons. The van der Waals surface area contributed by atoms with E-state index in [0.717, 1.165) is 37.1 Å². The first-order chi connectivity index (χ1) is 15.1. The molecule has 3 rings (SSSR count). The van der Waals surface area contributed by atoms with Crippen molar-refractivity contribution in [3.63, 3.8) is 0 Å². The van der Waals surface area contributed by atoms with Crippen molar-refractivity contribution in [2.24, 2.45) is 10.9 Å². The number of guanidine groups is 1. The van der Waals surface area contributed by atoms with Gasteiger partial charge in [0.15, 0.2) is 5.96 Å². The normalized spacial score (nSPS) is 19.4. The zero-order valence-corrected chi connectivity index (χ0v) is 18.7. The molecule has 2 fully saturated rings. The van der Waals surface area contributed by atoms with Gasteiger partial charge in [0.05, 0.1) is 7.11 Å². The first-order valence-corrected chi connectivity index (χ1v) is 11.3. The summed E-state index contributed by atoms with van der Waals surface area (Å²) < 4.78 is 5.14. The largest absolute Gasteiger partial charge is 0.497 e. The van der Waals surface area contributed by atoms with E-state index >= 15 is 0 Å². The van der Waals surface area contributed by atoms with Crippen molar-refractivity contribution in [3.05, 3.63) is 29.8 Å². The summed E-state index contributed by atoms with van der Waals surface area (Å²) in [6.45, 7) is 4.67. The molecule has 1 aliphatic carbocycles. The van der Waals surface area contributed by atoms with Crippen LogP contribution in [0.15, 0.2) is 29.3 Å². The van der Waals surface area contributed by atoms with Crippen molar-refractivity contribution in [2.45, 2.75) is 51.6 Å². The molecule has 0 bridgehead atoms. The number of nitrogens with one attached hydrogen (secondary N) is 3. The van der Waals surface area contributed by atoms with E-state index in [4.69, 9.17) is 4.74 Å². The van der Waals surface area contributed by atoms with Gasteiger partial charge in [-0.1, -0.05) is 25.0 Å². The van der Waals surface area contributed by atoms with E-state index in [1.165, 1.54) is 12.8 Å². The van der Waals surface area contributed by atoms with Crippen molar-refractivity contribution in [1.29, 1.82) is 0 Å². The molecule has 1 aromatic carbocycles. The number of hydrogen-bond acceptors (Lipinski definition) is 4. The van der Waals surface area contributed by atoms with Crippen LogP contribution in [0.25, 0.3) is 0 Å². The number of rotatable bonds is 8. The molecule has 0 aromatic heterocycles. The predicted octanol–water partition coefficient (Wildman–Crippen LogP) is 1.66. The van der Waals surface area contributed by atoms with Crippen LogP contribution in [0.5, 0.6) is 5.75 Å². The lowest BCUT2D eigenvalue weighted by Crippen LogP contribution is -2.46. The molecule has 0 radical (unpaired) electrons. The van der Waals surface area contributed by atoms with Gasteiger partial charge in [0.1, 0.15) is 12.3 Å². The fourth-order valence-electron chi connectivity index (χ4n) is 4.17. The van der Waals surface area contributed by atoms with Crippen LogP contribution in [-0.2, 0) is 16.1 Å². The van der Waals surface area contributed by atoms with Crippen molar-refractivity contribution < 1.29 is 14.3 Å². The Labute approximate surface area is 184 Å². The smallest absolute Gasteiger partial charge is 0.242 e. The average Bonchev–Trinajstić information content (AvgIpc) is 3.48. The number of aliphatic imine (C=N–C) groups is 1. The van der Waals surface area contributed by atoms with Crippen LogP contribution in [0.4, 0.5) is 0 Å². The van der Waals surface area contributed by atoms with Crippen LogP contribution in [0.1, 0.15) is 44.6 Å². The second-order valence-electron chi connectivity index (χ2n) is 8.22. The monoisotopic (exact) mass is 429 g/mol. The molecule has 2 aliphatic rings. The van der Waals surface area contributed by atoms with Crippen LogP contribution in [-0.4, -0.2) is 62.0 Å². The molecular formula is C23H35N5O3. The van der Waals surface area contributed by atoms with E-state index in [1.807, 2.05) is 36.1 Å². The zero-order valence-electron chi connectivity index (χ0n) is 18.7. The van der Waals surface area contributed by atoms with Gasteiger partial charge in [-0.05, 0) is 43.9 Å². The van der Waals surface area contributed by atoms with E-state index in [2.05, 4.69) is 20.9 Å². The topological polar surface area (TPSA) is 95.1 Å². The summed E-state index contributed by atoms with van der Waals surface area (Å²) >= 11 is 0. The molecular weight excluding hydrogens is 394 g/mol. The van der Waals surface area contributed by atoms with E-state index in [1.54, 1.807) is 7.11 Å². The van der Waals surface area contributed by atoms with Gasteiger partial charge >= 0.3 is 0 Å². The molecule has 0 spiro atoms. The van der Waals surface area contributed by atoms with Gasteiger partial charge < -0.3 is 25.6 Å². The van der Waals surface area contributed by atoms with Crippen LogP contribution in [0.3, 0.4) is 0 Å². The van der Waals surface area contributed by atoms with Gasteiger partial charge in [-0.25, -0.2) is 4.99 Å². The van der Waals surface area contributed by atoms with Crippen molar-refractivity contribution in [3.8, 4) is 5.75 Å². The molecule has 1 saturated heterocycles. The Morgan fingerprint density at radius 1 is 1.13 bits per heavy atom. The highest BCUT2D eigenvalue weighted by Crippen LogP contribution is 2.27. The second kappa shape index (κ2) is 11.6. The predicted molar refractivity (Wildman–Crippen MR) is 121 cm³/mol. The van der Waals surface area contributed by atoms with Crippen LogP contribution < -0.4 is 20.7 Å². The quantitative estimate of drug-likeness (QED) is 0.432. The molecule has 3 N–H and O–H groups in total. The highest BCUT2D eigenvalue weighted by molar-refractivity contribution is 5.85. The molecule has 1 heterocycles. The number of carbonyl (C=O) groups excluding carboxylic acids is 2. The Balaban J connectivity index is 1.44. The Morgan fingerprint density at radius 3 is 2.55 bits per heavy atom. The lowest BCUT2D eigenvalue weighted by atomic mass is 10.1. The summed E-state index contributed by atoms with van der Waals surface area (Å²) in [5.41, 5.74) is 1.00. The lowest BCUT2D eigenvalue weighted by Gasteiger charge is -2.21. The van der Waals surface area contributed by atoms with Crippen molar-refractivity contribution in [1.82, 2.24) is 20.9 Å². The van der Waals surface area contributed by atoms with Gasteiger partial charge in [-0.3, -0.25) is 9.59 Å². The molecule has 1 aliphatic heterocycles. The number of ether oxygens (including phenoxy) is 1. The number of carbonyl (C=O) groups is 2. The number of methoxy groups -OCH3 is 1. The number of hydrogen-bond donors (Lipinski definition) is 3. The molecule has 1 unspecified atom stereocenters. The van der Waals surface area contributed by atoms with Crippen LogP contribution >= 0.6 is 0 Å². The van der Waals surface area contributed by atoms with Crippen molar-refractivity contribution in [2.75, 3.05) is 33.3 Å². The summed E-state index contributed by atoms with van der Waals surface area (Å²) in [7, 11) is 1.63. The third-order valence-corrected chi connectivity index (χ3v) is 5.92. The zero-order chi connectivity index (χ0) is 22.1. The third-order valence-electron chi connectivity index (χ3n) is 5.92. The first-order valence-electron chi connectivity index (χ1n) is 11.3. The maximum atomic E-state index is 12.6. The van der Waals surface area contributed by atoms with E-state index < -0.39 is 0 Å². The minimum atomic E-state index is -0.141. The Morgan fingerprint density at radius 2 is 1.87 bits per heavy atom. The Hall–Kier alpha value is -2.77. The SMILES string of the molecule is CCNC(=NCC(=O)NCc1ccc(OC)cc1)NC1CCN(C(=O)C2CCCC2)C1. The molecule has 8 nitrogen and oxygen atoms in total. The summed E-state index contributed by atoms with van der Waals surface area (Å²) in [6.07, 6.45) is 5.30. The molecule has 31 heavy (non-hydrogen) atoms. The summed E-state index contributed by atoms with van der Waals surface area (Å²) in [4.78, 5) is 31.3. The van der Waals surface area contributed by atoms with Crippen LogP contribution in [0.2, 0.25) is 0 Å². The standard InChI is InChI=1S/C23H35N5O3/c1-3-24-23(26-15-21(29)25-14-17-8-10-20(31-2)11-9-17)27-19-12-13-28(16-19)22(30)18-6-4-5-7-18/h8-11,18-19H,3-7,12-16H2,1-2H3,(H,25,29)(H2,24,26,27). The van der Waals surface area contributed by atoms with E-state index in [0.29, 0.717) is 31.5 Å². The first kappa shape index (κ1) is 22.9.